The number of amides is 1. The lowest BCUT2D eigenvalue weighted by atomic mass is 10.1. The maximum atomic E-state index is 12.0. The summed E-state index contributed by atoms with van der Waals surface area (Å²) in [5, 5.41) is 16.8. The summed E-state index contributed by atoms with van der Waals surface area (Å²) in [6, 6.07) is 6.16. The molecule has 120 valence electrons. The highest BCUT2D eigenvalue weighted by Gasteiger charge is 2.17. The van der Waals surface area contributed by atoms with Crippen LogP contribution in [-0.4, -0.2) is 20.4 Å². The van der Waals surface area contributed by atoms with Crippen LogP contribution < -0.4 is 10.6 Å². The van der Waals surface area contributed by atoms with E-state index in [2.05, 4.69) is 27.8 Å². The molecule has 2 heterocycles. The van der Waals surface area contributed by atoms with Crippen molar-refractivity contribution >= 4 is 11.7 Å². The van der Waals surface area contributed by atoms with Crippen LogP contribution in [0.25, 0.3) is 0 Å². The fraction of sp³-hybridized carbons (Fsp3) is 0.333. The highest BCUT2D eigenvalue weighted by molar-refractivity contribution is 5.75. The minimum Gasteiger partial charge on any atom is -0.358 e. The van der Waals surface area contributed by atoms with E-state index in [1.54, 1.807) is 6.92 Å². The Kier molecular flexibility index (Phi) is 4.07. The van der Waals surface area contributed by atoms with Crippen molar-refractivity contribution in [1.29, 1.82) is 0 Å². The molecule has 0 spiro atoms. The van der Waals surface area contributed by atoms with E-state index in [-0.39, 0.29) is 18.3 Å². The zero-order chi connectivity index (χ0) is 16.4. The number of nitro groups is 1. The average Bonchev–Trinajstić information content (AvgIpc) is 3.12. The molecular formula is C15H17N5O3. The Hall–Kier alpha value is -2.74. The topological polar surface area (TPSA) is 102 Å². The number of aryl methyl sites for hydroxylation is 1. The van der Waals surface area contributed by atoms with E-state index >= 15 is 0 Å². The minimum absolute atomic E-state index is 0.0131. The smallest absolute Gasteiger partial charge is 0.358 e. The molecule has 2 N–H and O–H groups in total. The molecule has 3 rings (SSSR count). The highest BCUT2D eigenvalue weighted by atomic mass is 16.6. The Morgan fingerprint density at radius 3 is 2.96 bits per heavy atom. The third-order valence-corrected chi connectivity index (χ3v) is 3.86. The predicted octanol–water partition coefficient (Wildman–Crippen LogP) is 1.02. The summed E-state index contributed by atoms with van der Waals surface area (Å²) < 4.78 is 1.47. The zero-order valence-electron chi connectivity index (χ0n) is 12.7. The normalized spacial score (nSPS) is 12.9. The van der Waals surface area contributed by atoms with Crippen molar-refractivity contribution in [1.82, 2.24) is 20.2 Å². The second-order valence-corrected chi connectivity index (χ2v) is 5.51. The van der Waals surface area contributed by atoms with Gasteiger partial charge in [0.1, 0.15) is 12.7 Å². The van der Waals surface area contributed by atoms with Gasteiger partial charge in [0, 0.05) is 26.6 Å². The van der Waals surface area contributed by atoms with Gasteiger partial charge in [-0.05, 0) is 26.6 Å². The fourth-order valence-corrected chi connectivity index (χ4v) is 2.61. The van der Waals surface area contributed by atoms with Crippen molar-refractivity contribution in [2.75, 3.05) is 0 Å². The van der Waals surface area contributed by atoms with Crippen molar-refractivity contribution in [3.05, 3.63) is 57.0 Å². The van der Waals surface area contributed by atoms with Gasteiger partial charge in [0.05, 0.1) is 0 Å². The van der Waals surface area contributed by atoms with Gasteiger partial charge in [-0.3, -0.25) is 9.36 Å². The van der Waals surface area contributed by atoms with Crippen LogP contribution in [0, 0.1) is 17.0 Å². The first-order valence-corrected chi connectivity index (χ1v) is 7.29. The zero-order valence-corrected chi connectivity index (χ0v) is 12.7. The van der Waals surface area contributed by atoms with Gasteiger partial charge < -0.3 is 20.7 Å². The Labute approximate surface area is 132 Å². The number of nitrogens with one attached hydrogen (secondary N) is 2. The number of nitrogens with zero attached hydrogens (tertiary/aromatic N) is 3. The molecule has 0 radical (unpaired) electrons. The highest BCUT2D eigenvalue weighted by Crippen LogP contribution is 2.17. The average molecular weight is 315 g/mol. The SMILES string of the molecule is Cc1nc([N+](=O)[O-])cn1CC(=O)NCc1ccc2c(c1)CNC2. The Bertz CT molecular complexity index is 768. The Balaban J connectivity index is 1.58. The molecule has 8 nitrogen and oxygen atoms in total. The van der Waals surface area contributed by atoms with E-state index in [1.165, 1.54) is 21.9 Å². The van der Waals surface area contributed by atoms with Crippen LogP contribution >= 0.6 is 0 Å². The van der Waals surface area contributed by atoms with Crippen LogP contribution in [0.4, 0.5) is 5.82 Å². The largest absolute Gasteiger partial charge is 0.381 e. The maximum Gasteiger partial charge on any atom is 0.381 e. The number of rotatable bonds is 5. The van der Waals surface area contributed by atoms with Crippen LogP contribution in [0.3, 0.4) is 0 Å². The van der Waals surface area contributed by atoms with Crippen molar-refractivity contribution in [2.45, 2.75) is 33.1 Å². The summed E-state index contributed by atoms with van der Waals surface area (Å²) in [4.78, 5) is 25.9. The molecule has 0 saturated carbocycles. The van der Waals surface area contributed by atoms with Gasteiger partial charge in [-0.1, -0.05) is 18.2 Å². The van der Waals surface area contributed by atoms with Gasteiger partial charge in [-0.2, -0.15) is 0 Å². The number of carbonyl (C=O) groups is 1. The third-order valence-electron chi connectivity index (χ3n) is 3.86. The van der Waals surface area contributed by atoms with E-state index in [0.717, 1.165) is 18.7 Å². The first-order chi connectivity index (χ1) is 11.0. The van der Waals surface area contributed by atoms with E-state index in [1.807, 2.05) is 6.07 Å². The number of hydrogen-bond acceptors (Lipinski definition) is 5. The van der Waals surface area contributed by atoms with Crippen LogP contribution in [0.15, 0.2) is 24.4 Å². The van der Waals surface area contributed by atoms with Crippen molar-refractivity contribution in [2.24, 2.45) is 0 Å². The number of aromatic nitrogens is 2. The summed E-state index contributed by atoms with van der Waals surface area (Å²) in [6.07, 6.45) is 1.27. The fourth-order valence-electron chi connectivity index (χ4n) is 2.61. The molecule has 0 aliphatic carbocycles. The predicted molar refractivity (Wildman–Crippen MR) is 82.5 cm³/mol. The molecule has 1 aromatic carbocycles. The van der Waals surface area contributed by atoms with E-state index in [0.29, 0.717) is 12.4 Å². The molecule has 23 heavy (non-hydrogen) atoms. The lowest BCUT2D eigenvalue weighted by molar-refractivity contribution is -0.389. The minimum atomic E-state index is -0.569. The summed E-state index contributed by atoms with van der Waals surface area (Å²) in [5.41, 5.74) is 3.59. The van der Waals surface area contributed by atoms with Gasteiger partial charge in [-0.25, -0.2) is 0 Å². The Morgan fingerprint density at radius 1 is 1.43 bits per heavy atom. The van der Waals surface area contributed by atoms with E-state index in [4.69, 9.17) is 0 Å². The van der Waals surface area contributed by atoms with Gasteiger partial charge in [-0.15, -0.1) is 0 Å². The molecule has 1 aliphatic rings. The van der Waals surface area contributed by atoms with E-state index in [9.17, 15) is 14.9 Å². The lowest BCUT2D eigenvalue weighted by Crippen LogP contribution is -2.27. The van der Waals surface area contributed by atoms with Crippen molar-refractivity contribution < 1.29 is 9.72 Å². The Morgan fingerprint density at radius 2 is 2.22 bits per heavy atom. The van der Waals surface area contributed by atoms with Crippen LogP contribution in [0.5, 0.6) is 0 Å². The van der Waals surface area contributed by atoms with Crippen molar-refractivity contribution in [3.63, 3.8) is 0 Å². The molecule has 8 heteroatoms. The summed E-state index contributed by atoms with van der Waals surface area (Å²) in [6.45, 7) is 3.82. The quantitative estimate of drug-likeness (QED) is 0.633. The summed E-state index contributed by atoms with van der Waals surface area (Å²) in [7, 11) is 0. The molecule has 0 fully saturated rings. The first kappa shape index (κ1) is 15.2. The molecule has 1 aromatic heterocycles. The van der Waals surface area contributed by atoms with Crippen LogP contribution in [-0.2, 0) is 31.0 Å². The maximum absolute atomic E-state index is 12.0. The third kappa shape index (κ3) is 3.37. The van der Waals surface area contributed by atoms with Crippen molar-refractivity contribution in [3.8, 4) is 0 Å². The number of hydrogen-bond donors (Lipinski definition) is 2. The second kappa shape index (κ2) is 6.17. The first-order valence-electron chi connectivity index (χ1n) is 7.29. The molecule has 1 aliphatic heterocycles. The summed E-state index contributed by atoms with van der Waals surface area (Å²) >= 11 is 0. The number of fused-ring (bicyclic) bond motifs is 1. The molecule has 0 unspecified atom stereocenters. The number of imidazole rings is 1. The van der Waals surface area contributed by atoms with E-state index < -0.39 is 4.92 Å². The lowest BCUT2D eigenvalue weighted by Gasteiger charge is -2.07. The molecule has 0 bridgehead atoms. The summed E-state index contributed by atoms with van der Waals surface area (Å²) in [5.74, 6) is -0.0177. The van der Waals surface area contributed by atoms with Gasteiger partial charge >= 0.3 is 5.82 Å². The monoisotopic (exact) mass is 315 g/mol. The molecule has 0 atom stereocenters. The second-order valence-electron chi connectivity index (χ2n) is 5.51. The molecule has 1 amide bonds. The van der Waals surface area contributed by atoms with Gasteiger partial charge in [0.25, 0.3) is 0 Å². The number of carbonyl (C=O) groups excluding carboxylic acids is 1. The number of benzene rings is 1. The van der Waals surface area contributed by atoms with Gasteiger partial charge in [0.15, 0.2) is 0 Å². The van der Waals surface area contributed by atoms with Gasteiger partial charge in [0.2, 0.25) is 11.7 Å². The molecule has 0 saturated heterocycles. The standard InChI is InChI=1S/C15H17N5O3/c1-10-18-14(20(22)23)8-19(10)9-15(21)17-5-11-2-3-12-6-16-7-13(12)4-11/h2-4,8,16H,5-7,9H2,1H3,(H,17,21). The molecular weight excluding hydrogens is 298 g/mol. The van der Waals surface area contributed by atoms with Crippen LogP contribution in [0.1, 0.15) is 22.5 Å². The van der Waals surface area contributed by atoms with Crippen LogP contribution in [0.2, 0.25) is 0 Å². The molecule has 2 aromatic rings.